The van der Waals surface area contributed by atoms with Crippen molar-refractivity contribution in [1.29, 1.82) is 0 Å². The van der Waals surface area contributed by atoms with Gasteiger partial charge in [-0.25, -0.2) is 9.37 Å². The first-order chi connectivity index (χ1) is 12.5. The number of aliphatic hydroxyl groups excluding tert-OH is 1. The van der Waals surface area contributed by atoms with Crippen LogP contribution in [0.3, 0.4) is 0 Å². The third-order valence-corrected chi connectivity index (χ3v) is 4.58. The van der Waals surface area contributed by atoms with E-state index >= 15 is 0 Å². The fourth-order valence-electron chi connectivity index (χ4n) is 3.03. The largest absolute Gasteiger partial charge is 0.391 e. The Labute approximate surface area is 153 Å². The maximum absolute atomic E-state index is 14.3. The molecule has 26 heavy (non-hydrogen) atoms. The van der Waals surface area contributed by atoms with Crippen molar-refractivity contribution in [1.82, 2.24) is 19.9 Å². The summed E-state index contributed by atoms with van der Waals surface area (Å²) in [5.74, 6) is -0.816. The van der Waals surface area contributed by atoms with Gasteiger partial charge in [0.2, 0.25) is 0 Å². The zero-order valence-corrected chi connectivity index (χ0v) is 14.3. The number of benzene rings is 1. The summed E-state index contributed by atoms with van der Waals surface area (Å²) in [7, 11) is 0. The van der Waals surface area contributed by atoms with Crippen LogP contribution in [0.1, 0.15) is 16.9 Å². The molecule has 1 fully saturated rings. The Balaban J connectivity index is 1.81. The molecule has 3 heterocycles. The van der Waals surface area contributed by atoms with Crippen LogP contribution in [0, 0.1) is 5.82 Å². The zero-order valence-electron chi connectivity index (χ0n) is 13.6. The minimum Gasteiger partial charge on any atom is -0.391 e. The summed E-state index contributed by atoms with van der Waals surface area (Å²) in [5, 5.41) is 9.91. The van der Waals surface area contributed by atoms with Gasteiger partial charge in [-0.2, -0.15) is 0 Å². The highest BCUT2D eigenvalue weighted by Gasteiger charge is 2.26. The van der Waals surface area contributed by atoms with E-state index < -0.39 is 11.9 Å². The topological polar surface area (TPSA) is 79.2 Å². The molecule has 1 aromatic carbocycles. The lowest BCUT2D eigenvalue weighted by molar-refractivity contribution is 0.0759. The first-order valence-electron chi connectivity index (χ1n) is 8.06. The summed E-state index contributed by atoms with van der Waals surface area (Å²) in [5.41, 5.74) is 1.69. The van der Waals surface area contributed by atoms with E-state index in [1.54, 1.807) is 12.1 Å². The number of aliphatic hydroxyl groups is 1. The minimum absolute atomic E-state index is 0.147. The van der Waals surface area contributed by atoms with Gasteiger partial charge in [0.1, 0.15) is 22.5 Å². The van der Waals surface area contributed by atoms with Crippen molar-refractivity contribution >= 4 is 28.5 Å². The van der Waals surface area contributed by atoms with Crippen LogP contribution in [-0.2, 0) is 0 Å². The smallest absolute Gasteiger partial charge is 0.274 e. The molecule has 0 radical (unpaired) electrons. The van der Waals surface area contributed by atoms with Crippen LogP contribution in [0.5, 0.6) is 0 Å². The molecule has 1 saturated heterocycles. The fourth-order valence-corrected chi connectivity index (χ4v) is 3.19. The quantitative estimate of drug-likeness (QED) is 0.748. The highest BCUT2D eigenvalue weighted by atomic mass is 35.5. The molecule has 0 spiro atoms. The Bertz CT molecular complexity index is 1010. The van der Waals surface area contributed by atoms with E-state index in [2.05, 4.69) is 15.0 Å². The minimum atomic E-state index is -0.518. The van der Waals surface area contributed by atoms with E-state index in [1.807, 2.05) is 0 Å². The van der Waals surface area contributed by atoms with Crippen LogP contribution in [0.4, 0.5) is 4.39 Å². The Kier molecular flexibility index (Phi) is 4.26. The van der Waals surface area contributed by atoms with Gasteiger partial charge in [0.05, 0.1) is 18.5 Å². The number of carbonyl (C=O) groups is 1. The number of fused-ring (bicyclic) bond motifs is 1. The standard InChI is InChI=1S/C18H14ClFN4O2/c19-10-1-2-12(14(20)5-10)13-6-21-7-15-17(13)23-16(8-22-15)18(26)24-4-3-11(25)9-24/h1-2,5-8,11,25H,3-4,9H2. The van der Waals surface area contributed by atoms with Crippen molar-refractivity contribution in [2.24, 2.45) is 0 Å². The third kappa shape index (κ3) is 3.00. The summed E-state index contributed by atoms with van der Waals surface area (Å²) < 4.78 is 14.3. The Morgan fingerprint density at radius 2 is 2.12 bits per heavy atom. The van der Waals surface area contributed by atoms with Gasteiger partial charge in [-0.05, 0) is 24.6 Å². The monoisotopic (exact) mass is 372 g/mol. The van der Waals surface area contributed by atoms with Crippen molar-refractivity contribution in [2.75, 3.05) is 13.1 Å². The Morgan fingerprint density at radius 3 is 2.85 bits per heavy atom. The van der Waals surface area contributed by atoms with E-state index in [-0.39, 0.29) is 28.7 Å². The molecule has 1 N–H and O–H groups in total. The third-order valence-electron chi connectivity index (χ3n) is 4.35. The molecule has 8 heteroatoms. The summed E-state index contributed by atoms with van der Waals surface area (Å²) in [4.78, 5) is 26.9. The van der Waals surface area contributed by atoms with Crippen molar-refractivity contribution in [3.63, 3.8) is 0 Å². The molecule has 1 amide bonds. The first kappa shape index (κ1) is 16.8. The molecule has 4 rings (SSSR count). The molecule has 3 aromatic rings. The number of aromatic nitrogens is 3. The van der Waals surface area contributed by atoms with Crippen LogP contribution in [-0.4, -0.2) is 50.1 Å². The maximum Gasteiger partial charge on any atom is 0.274 e. The number of halogens is 2. The highest BCUT2D eigenvalue weighted by molar-refractivity contribution is 6.30. The predicted octanol–water partition coefficient (Wildman–Crippen LogP) is 2.69. The molecule has 1 unspecified atom stereocenters. The number of amides is 1. The molecule has 1 aliphatic rings. The predicted molar refractivity (Wildman–Crippen MR) is 94.3 cm³/mol. The van der Waals surface area contributed by atoms with Crippen LogP contribution in [0.2, 0.25) is 5.02 Å². The average Bonchev–Trinajstić information content (AvgIpc) is 3.07. The fraction of sp³-hybridized carbons (Fsp3) is 0.222. The lowest BCUT2D eigenvalue weighted by Crippen LogP contribution is -2.30. The van der Waals surface area contributed by atoms with Gasteiger partial charge in [-0.15, -0.1) is 0 Å². The molecular formula is C18H14ClFN4O2. The molecule has 1 atom stereocenters. The van der Waals surface area contributed by atoms with Gasteiger partial charge in [-0.3, -0.25) is 14.8 Å². The van der Waals surface area contributed by atoms with Gasteiger partial charge in [0.25, 0.3) is 5.91 Å². The zero-order chi connectivity index (χ0) is 18.3. The van der Waals surface area contributed by atoms with E-state index in [1.165, 1.54) is 29.6 Å². The molecule has 2 aromatic heterocycles. The van der Waals surface area contributed by atoms with Crippen LogP contribution >= 0.6 is 11.6 Å². The Hall–Kier alpha value is -2.64. The molecular weight excluding hydrogens is 359 g/mol. The number of hydrogen-bond donors (Lipinski definition) is 1. The molecule has 0 bridgehead atoms. The van der Waals surface area contributed by atoms with Gasteiger partial charge in [-0.1, -0.05) is 11.6 Å². The van der Waals surface area contributed by atoms with E-state index in [0.29, 0.717) is 29.6 Å². The van der Waals surface area contributed by atoms with Gasteiger partial charge < -0.3 is 10.0 Å². The SMILES string of the molecule is O=C(c1cnc2cncc(-c3ccc(Cl)cc3F)c2n1)N1CCC(O)C1. The highest BCUT2D eigenvalue weighted by Crippen LogP contribution is 2.29. The first-order valence-corrected chi connectivity index (χ1v) is 8.44. The normalized spacial score (nSPS) is 17.0. The number of pyridine rings is 1. The van der Waals surface area contributed by atoms with Crippen molar-refractivity contribution in [3.8, 4) is 11.1 Å². The van der Waals surface area contributed by atoms with E-state index in [0.717, 1.165) is 0 Å². The van der Waals surface area contributed by atoms with Gasteiger partial charge >= 0.3 is 0 Å². The van der Waals surface area contributed by atoms with Crippen LogP contribution < -0.4 is 0 Å². The molecule has 6 nitrogen and oxygen atoms in total. The lowest BCUT2D eigenvalue weighted by atomic mass is 10.1. The molecule has 0 aliphatic carbocycles. The maximum atomic E-state index is 14.3. The molecule has 1 aliphatic heterocycles. The average molecular weight is 373 g/mol. The van der Waals surface area contributed by atoms with E-state index in [4.69, 9.17) is 11.6 Å². The number of β-amino-alcohol motifs (C(OH)–C–C–N with tert-alkyl or cyclic N) is 1. The molecule has 0 saturated carbocycles. The second kappa shape index (κ2) is 6.59. The van der Waals surface area contributed by atoms with Crippen molar-refractivity contribution < 1.29 is 14.3 Å². The summed E-state index contributed by atoms with van der Waals surface area (Å²) in [6, 6.07) is 4.33. The van der Waals surface area contributed by atoms with E-state index in [9.17, 15) is 14.3 Å². The second-order valence-electron chi connectivity index (χ2n) is 6.13. The number of carbonyl (C=O) groups excluding carboxylic acids is 1. The molecule has 132 valence electrons. The van der Waals surface area contributed by atoms with Gasteiger partial charge in [0, 0.05) is 35.4 Å². The number of nitrogens with zero attached hydrogens (tertiary/aromatic N) is 4. The van der Waals surface area contributed by atoms with Crippen LogP contribution in [0.15, 0.2) is 36.8 Å². The summed E-state index contributed by atoms with van der Waals surface area (Å²) >= 11 is 5.82. The summed E-state index contributed by atoms with van der Waals surface area (Å²) in [6.07, 6.45) is 4.39. The second-order valence-corrected chi connectivity index (χ2v) is 6.56. The lowest BCUT2D eigenvalue weighted by Gasteiger charge is -2.15. The summed E-state index contributed by atoms with van der Waals surface area (Å²) in [6.45, 7) is 0.738. The number of rotatable bonds is 2. The van der Waals surface area contributed by atoms with Gasteiger partial charge in [0.15, 0.2) is 0 Å². The number of hydrogen-bond acceptors (Lipinski definition) is 5. The van der Waals surface area contributed by atoms with Crippen molar-refractivity contribution in [2.45, 2.75) is 12.5 Å². The Morgan fingerprint density at radius 1 is 1.27 bits per heavy atom. The van der Waals surface area contributed by atoms with Crippen molar-refractivity contribution in [3.05, 3.63) is 53.3 Å². The number of likely N-dealkylation sites (tertiary alicyclic amines) is 1. The van der Waals surface area contributed by atoms with Crippen LogP contribution in [0.25, 0.3) is 22.2 Å².